The molecule has 0 atom stereocenters. The Hall–Kier alpha value is -1.47. The maximum absolute atomic E-state index is 6.25. The third-order valence-corrected chi connectivity index (χ3v) is 5.99. The smallest absolute Gasteiger partial charge is 0.151 e. The first-order valence-corrected chi connectivity index (χ1v) is 10.5. The molecule has 2 heterocycles. The van der Waals surface area contributed by atoms with Gasteiger partial charge in [-0.15, -0.1) is 11.8 Å². The fourth-order valence-corrected chi connectivity index (χ4v) is 4.33. The van der Waals surface area contributed by atoms with Crippen molar-refractivity contribution in [3.05, 3.63) is 45.8 Å². The van der Waals surface area contributed by atoms with Crippen molar-refractivity contribution in [1.82, 2.24) is 14.5 Å². The molecule has 0 fully saturated rings. The average Bonchev–Trinajstić information content (AvgIpc) is 3.01. The lowest BCUT2D eigenvalue weighted by Gasteiger charge is -2.11. The van der Waals surface area contributed by atoms with Crippen LogP contribution in [0.3, 0.4) is 0 Å². The fraction of sp³-hybridized carbons (Fsp3) is 0.368. The van der Waals surface area contributed by atoms with Gasteiger partial charge in [0.15, 0.2) is 5.82 Å². The largest absolute Gasteiger partial charge is 0.382 e. The van der Waals surface area contributed by atoms with Gasteiger partial charge in [0.2, 0.25) is 0 Å². The van der Waals surface area contributed by atoms with Gasteiger partial charge in [-0.3, -0.25) is 0 Å². The number of anilines is 1. The van der Waals surface area contributed by atoms with Crippen LogP contribution in [-0.4, -0.2) is 26.9 Å². The van der Waals surface area contributed by atoms with E-state index in [0.29, 0.717) is 29.1 Å². The Balaban J connectivity index is 1.75. The first kappa shape index (κ1) is 20.3. The summed E-state index contributed by atoms with van der Waals surface area (Å²) in [5, 5.41) is 1.34. The summed E-state index contributed by atoms with van der Waals surface area (Å²) < 4.78 is 7.79. The van der Waals surface area contributed by atoms with E-state index in [1.165, 1.54) is 0 Å². The molecule has 1 aromatic carbocycles. The SMILES string of the molecule is CCOCc1nc2c(N)ncc(C)c2n1CCCSc1ccc(Cl)cc1Cl. The number of nitrogens with zero attached hydrogens (tertiary/aromatic N) is 3. The number of fused-ring (bicyclic) bond motifs is 1. The highest BCUT2D eigenvalue weighted by Gasteiger charge is 2.15. The van der Waals surface area contributed by atoms with Gasteiger partial charge in [-0.05, 0) is 49.8 Å². The van der Waals surface area contributed by atoms with Crippen LogP contribution >= 0.6 is 35.0 Å². The molecule has 0 bridgehead atoms. The normalized spacial score (nSPS) is 11.4. The van der Waals surface area contributed by atoms with Gasteiger partial charge in [-0.1, -0.05) is 23.2 Å². The molecule has 3 rings (SSSR count). The van der Waals surface area contributed by atoms with E-state index in [1.54, 1.807) is 24.0 Å². The van der Waals surface area contributed by atoms with Crippen LogP contribution in [0, 0.1) is 6.92 Å². The summed E-state index contributed by atoms with van der Waals surface area (Å²) in [6.07, 6.45) is 2.75. The highest BCUT2D eigenvalue weighted by Crippen LogP contribution is 2.30. The third kappa shape index (κ3) is 4.69. The average molecular weight is 425 g/mol. The molecule has 0 radical (unpaired) electrons. The van der Waals surface area contributed by atoms with Gasteiger partial charge in [0.05, 0.1) is 10.5 Å². The lowest BCUT2D eigenvalue weighted by Crippen LogP contribution is -2.07. The monoisotopic (exact) mass is 424 g/mol. The molecule has 5 nitrogen and oxygen atoms in total. The van der Waals surface area contributed by atoms with Crippen LogP contribution < -0.4 is 5.73 Å². The first-order valence-electron chi connectivity index (χ1n) is 8.77. The number of nitrogen functional groups attached to an aromatic ring is 1. The van der Waals surface area contributed by atoms with Gasteiger partial charge in [0.25, 0.3) is 0 Å². The van der Waals surface area contributed by atoms with Crippen LogP contribution in [0.4, 0.5) is 5.82 Å². The van der Waals surface area contributed by atoms with Crippen molar-refractivity contribution in [3.8, 4) is 0 Å². The third-order valence-electron chi connectivity index (χ3n) is 4.17. The van der Waals surface area contributed by atoms with Crippen molar-refractivity contribution in [2.45, 2.75) is 38.3 Å². The Labute approximate surface area is 173 Å². The van der Waals surface area contributed by atoms with Crippen LogP contribution in [0.2, 0.25) is 10.0 Å². The molecule has 27 heavy (non-hydrogen) atoms. The minimum Gasteiger partial charge on any atom is -0.382 e. The predicted octanol–water partition coefficient (Wildman–Crippen LogP) is 5.35. The van der Waals surface area contributed by atoms with Crippen molar-refractivity contribution in [2.24, 2.45) is 0 Å². The molecule has 0 saturated heterocycles. The standard InChI is InChI=1S/C19H22Cl2N4OS/c1-3-26-11-16-24-17-18(12(2)10-23-19(17)22)25(16)7-4-8-27-15-6-5-13(20)9-14(15)21/h5-6,9-10H,3-4,7-8,11H2,1-2H3,(H2,22,23). The van der Waals surface area contributed by atoms with Crippen molar-refractivity contribution < 1.29 is 4.74 Å². The molecule has 0 unspecified atom stereocenters. The second-order valence-electron chi connectivity index (χ2n) is 6.12. The molecular formula is C19H22Cl2N4OS. The van der Waals surface area contributed by atoms with E-state index >= 15 is 0 Å². The second kappa shape index (κ2) is 9.15. The highest BCUT2D eigenvalue weighted by atomic mass is 35.5. The molecule has 2 aromatic heterocycles. The Bertz CT molecular complexity index is 945. The van der Waals surface area contributed by atoms with Crippen molar-refractivity contribution in [2.75, 3.05) is 18.1 Å². The van der Waals surface area contributed by atoms with Crippen LogP contribution in [0.1, 0.15) is 24.7 Å². The molecule has 8 heteroatoms. The highest BCUT2D eigenvalue weighted by molar-refractivity contribution is 7.99. The van der Waals surface area contributed by atoms with E-state index in [1.807, 2.05) is 26.0 Å². The summed E-state index contributed by atoms with van der Waals surface area (Å²) in [4.78, 5) is 9.94. The van der Waals surface area contributed by atoms with Crippen molar-refractivity contribution in [3.63, 3.8) is 0 Å². The van der Waals surface area contributed by atoms with Crippen molar-refractivity contribution >= 4 is 51.8 Å². The number of pyridine rings is 1. The molecule has 0 aliphatic heterocycles. The quantitative estimate of drug-likeness (QED) is 0.389. The Morgan fingerprint density at radius 2 is 2.11 bits per heavy atom. The van der Waals surface area contributed by atoms with E-state index < -0.39 is 0 Å². The Kier molecular flexibility index (Phi) is 6.87. The summed E-state index contributed by atoms with van der Waals surface area (Å²) in [5.74, 6) is 2.26. The maximum Gasteiger partial charge on any atom is 0.151 e. The number of rotatable bonds is 8. The van der Waals surface area contributed by atoms with Crippen LogP contribution in [-0.2, 0) is 17.9 Å². The lowest BCUT2D eigenvalue weighted by molar-refractivity contribution is 0.126. The van der Waals surface area contributed by atoms with Crippen LogP contribution in [0.15, 0.2) is 29.3 Å². The van der Waals surface area contributed by atoms with Gasteiger partial charge < -0.3 is 15.0 Å². The first-order chi connectivity index (χ1) is 13.0. The van der Waals surface area contributed by atoms with Crippen LogP contribution in [0.5, 0.6) is 0 Å². The predicted molar refractivity (Wildman–Crippen MR) is 114 cm³/mol. The lowest BCUT2D eigenvalue weighted by atomic mass is 10.2. The van der Waals surface area contributed by atoms with Gasteiger partial charge in [-0.25, -0.2) is 9.97 Å². The molecule has 0 amide bonds. The van der Waals surface area contributed by atoms with Crippen molar-refractivity contribution in [1.29, 1.82) is 0 Å². The molecular weight excluding hydrogens is 403 g/mol. The molecule has 0 aliphatic carbocycles. The number of nitrogens with two attached hydrogens (primary N) is 1. The Morgan fingerprint density at radius 3 is 2.85 bits per heavy atom. The van der Waals surface area contributed by atoms with E-state index in [-0.39, 0.29) is 0 Å². The van der Waals surface area contributed by atoms with E-state index in [0.717, 1.165) is 46.0 Å². The zero-order valence-electron chi connectivity index (χ0n) is 15.3. The topological polar surface area (TPSA) is 66.0 Å². The fourth-order valence-electron chi connectivity index (χ4n) is 2.91. The number of aromatic nitrogens is 3. The maximum atomic E-state index is 6.25. The second-order valence-corrected chi connectivity index (χ2v) is 8.10. The summed E-state index contributed by atoms with van der Waals surface area (Å²) in [7, 11) is 0. The van der Waals surface area contributed by atoms with Gasteiger partial charge >= 0.3 is 0 Å². The minimum absolute atomic E-state index is 0.453. The zero-order valence-corrected chi connectivity index (χ0v) is 17.7. The molecule has 144 valence electrons. The van der Waals surface area contributed by atoms with Gasteiger partial charge in [0, 0.05) is 29.3 Å². The molecule has 0 spiro atoms. The van der Waals surface area contributed by atoms with Gasteiger partial charge in [0.1, 0.15) is 17.9 Å². The molecule has 0 saturated carbocycles. The zero-order chi connectivity index (χ0) is 19.4. The molecule has 2 N–H and O–H groups in total. The Morgan fingerprint density at radius 1 is 1.30 bits per heavy atom. The van der Waals surface area contributed by atoms with E-state index in [4.69, 9.17) is 33.7 Å². The summed E-state index contributed by atoms with van der Waals surface area (Å²) in [6.45, 7) is 5.92. The van der Waals surface area contributed by atoms with Gasteiger partial charge in [-0.2, -0.15) is 0 Å². The number of imidazole rings is 1. The number of hydrogen-bond donors (Lipinski definition) is 1. The number of hydrogen-bond acceptors (Lipinski definition) is 5. The van der Waals surface area contributed by atoms with E-state index in [9.17, 15) is 0 Å². The number of thioether (sulfide) groups is 1. The number of benzene rings is 1. The summed E-state index contributed by atoms with van der Waals surface area (Å²) in [5.41, 5.74) is 8.88. The number of halogens is 2. The number of ether oxygens (including phenoxy) is 1. The molecule has 3 aromatic rings. The number of aryl methyl sites for hydroxylation is 2. The molecule has 0 aliphatic rings. The summed E-state index contributed by atoms with van der Waals surface area (Å²) >= 11 is 13.9. The van der Waals surface area contributed by atoms with E-state index in [2.05, 4.69) is 14.5 Å². The van der Waals surface area contributed by atoms with Crippen LogP contribution in [0.25, 0.3) is 11.0 Å². The minimum atomic E-state index is 0.453. The summed E-state index contributed by atoms with van der Waals surface area (Å²) in [6, 6.07) is 5.59.